The Bertz CT molecular complexity index is 800. The molecule has 29 heavy (non-hydrogen) atoms. The number of aryl methyl sites for hydroxylation is 1. The SMILES string of the molecule is CCNC(=NCCC(=O)Nc1ccc(C)cn1)N1CCN(c2ccccn2)CC1. The molecular weight excluding hydrogens is 366 g/mol. The van der Waals surface area contributed by atoms with Gasteiger partial charge in [-0.15, -0.1) is 0 Å². The van der Waals surface area contributed by atoms with Crippen molar-refractivity contribution in [1.29, 1.82) is 0 Å². The molecule has 0 aromatic carbocycles. The minimum atomic E-state index is -0.0825. The van der Waals surface area contributed by atoms with E-state index < -0.39 is 0 Å². The zero-order valence-corrected chi connectivity index (χ0v) is 17.1. The number of nitrogens with zero attached hydrogens (tertiary/aromatic N) is 5. The van der Waals surface area contributed by atoms with Gasteiger partial charge in [-0.2, -0.15) is 0 Å². The standard InChI is InChI=1S/C21H29N7O/c1-3-22-21(24-11-9-20(29)26-18-8-7-17(2)16-25-18)28-14-12-27(13-15-28)19-6-4-5-10-23-19/h4-8,10,16H,3,9,11-15H2,1-2H3,(H,22,24)(H,25,26,29). The van der Waals surface area contributed by atoms with Gasteiger partial charge in [0.1, 0.15) is 11.6 Å². The van der Waals surface area contributed by atoms with Gasteiger partial charge in [-0.1, -0.05) is 12.1 Å². The van der Waals surface area contributed by atoms with Gasteiger partial charge in [0.15, 0.2) is 5.96 Å². The van der Waals surface area contributed by atoms with Crippen LogP contribution in [0.5, 0.6) is 0 Å². The van der Waals surface area contributed by atoms with Gasteiger partial charge in [0.05, 0.1) is 6.54 Å². The van der Waals surface area contributed by atoms with Gasteiger partial charge in [-0.3, -0.25) is 9.79 Å². The Morgan fingerprint density at radius 3 is 2.62 bits per heavy atom. The summed E-state index contributed by atoms with van der Waals surface area (Å²) < 4.78 is 0. The van der Waals surface area contributed by atoms with Gasteiger partial charge in [0.25, 0.3) is 0 Å². The molecule has 2 aromatic rings. The Labute approximate surface area is 172 Å². The van der Waals surface area contributed by atoms with Crippen molar-refractivity contribution >= 4 is 23.5 Å². The average Bonchev–Trinajstić information content (AvgIpc) is 2.75. The first-order valence-corrected chi connectivity index (χ1v) is 10.1. The number of guanidine groups is 1. The number of anilines is 2. The highest BCUT2D eigenvalue weighted by atomic mass is 16.1. The van der Waals surface area contributed by atoms with Crippen LogP contribution in [-0.2, 0) is 4.79 Å². The number of aromatic nitrogens is 2. The van der Waals surface area contributed by atoms with E-state index in [-0.39, 0.29) is 5.91 Å². The molecule has 0 saturated carbocycles. The summed E-state index contributed by atoms with van der Waals surface area (Å²) in [7, 11) is 0. The number of aliphatic imine (C=N–C) groups is 1. The van der Waals surface area contributed by atoms with Crippen LogP contribution in [0.3, 0.4) is 0 Å². The highest BCUT2D eigenvalue weighted by molar-refractivity contribution is 5.90. The molecule has 1 aliphatic heterocycles. The number of carbonyl (C=O) groups is 1. The Balaban J connectivity index is 1.49. The van der Waals surface area contributed by atoms with Crippen molar-refractivity contribution in [1.82, 2.24) is 20.2 Å². The maximum absolute atomic E-state index is 12.1. The highest BCUT2D eigenvalue weighted by Crippen LogP contribution is 2.12. The van der Waals surface area contributed by atoms with Gasteiger partial charge in [-0.05, 0) is 37.6 Å². The summed E-state index contributed by atoms with van der Waals surface area (Å²) in [5.74, 6) is 2.35. The van der Waals surface area contributed by atoms with E-state index in [1.54, 1.807) is 6.20 Å². The first kappa shape index (κ1) is 20.6. The van der Waals surface area contributed by atoms with Crippen molar-refractivity contribution in [2.45, 2.75) is 20.3 Å². The number of pyridine rings is 2. The van der Waals surface area contributed by atoms with E-state index >= 15 is 0 Å². The molecule has 3 heterocycles. The second kappa shape index (κ2) is 10.4. The third kappa shape index (κ3) is 6.17. The van der Waals surface area contributed by atoms with Crippen molar-refractivity contribution in [3.05, 3.63) is 48.3 Å². The molecule has 0 atom stereocenters. The maximum atomic E-state index is 12.1. The number of rotatable bonds is 6. The number of hydrogen-bond donors (Lipinski definition) is 2. The predicted molar refractivity (Wildman–Crippen MR) is 116 cm³/mol. The predicted octanol–water partition coefficient (Wildman–Crippen LogP) is 1.90. The smallest absolute Gasteiger partial charge is 0.227 e. The van der Waals surface area contributed by atoms with E-state index in [1.807, 2.05) is 43.5 Å². The molecule has 0 aliphatic carbocycles. The Kier molecular flexibility index (Phi) is 7.38. The highest BCUT2D eigenvalue weighted by Gasteiger charge is 2.20. The first-order valence-electron chi connectivity index (χ1n) is 10.1. The first-order chi connectivity index (χ1) is 14.2. The lowest BCUT2D eigenvalue weighted by molar-refractivity contribution is -0.116. The van der Waals surface area contributed by atoms with E-state index in [0.29, 0.717) is 18.8 Å². The number of carbonyl (C=O) groups excluding carboxylic acids is 1. The lowest BCUT2D eigenvalue weighted by atomic mass is 10.3. The number of piperazine rings is 1. The van der Waals surface area contributed by atoms with Gasteiger partial charge < -0.3 is 20.4 Å². The van der Waals surface area contributed by atoms with Crippen LogP contribution in [-0.4, -0.2) is 66.0 Å². The molecular formula is C21H29N7O. The fraction of sp³-hybridized carbons (Fsp3) is 0.429. The third-order valence-electron chi connectivity index (χ3n) is 4.67. The number of hydrogen-bond acceptors (Lipinski definition) is 5. The summed E-state index contributed by atoms with van der Waals surface area (Å²) in [6, 6.07) is 9.71. The minimum Gasteiger partial charge on any atom is -0.357 e. The molecule has 8 nitrogen and oxygen atoms in total. The monoisotopic (exact) mass is 395 g/mol. The van der Waals surface area contributed by atoms with Crippen LogP contribution in [0.15, 0.2) is 47.7 Å². The minimum absolute atomic E-state index is 0.0825. The van der Waals surface area contributed by atoms with E-state index in [1.165, 1.54) is 0 Å². The molecule has 1 amide bonds. The second-order valence-electron chi connectivity index (χ2n) is 6.92. The molecule has 0 spiro atoms. The fourth-order valence-corrected chi connectivity index (χ4v) is 3.12. The van der Waals surface area contributed by atoms with Gasteiger partial charge in [-0.25, -0.2) is 9.97 Å². The summed E-state index contributed by atoms with van der Waals surface area (Å²) in [5.41, 5.74) is 1.06. The van der Waals surface area contributed by atoms with Crippen molar-refractivity contribution in [2.75, 3.05) is 49.5 Å². The molecule has 0 bridgehead atoms. The van der Waals surface area contributed by atoms with Crippen LogP contribution in [0.25, 0.3) is 0 Å². The van der Waals surface area contributed by atoms with E-state index in [4.69, 9.17) is 0 Å². The number of nitrogens with one attached hydrogen (secondary N) is 2. The summed E-state index contributed by atoms with van der Waals surface area (Å²) in [6.07, 6.45) is 3.88. The van der Waals surface area contributed by atoms with Crippen LogP contribution < -0.4 is 15.5 Å². The molecule has 1 aliphatic rings. The van der Waals surface area contributed by atoms with E-state index in [0.717, 1.165) is 50.1 Å². The van der Waals surface area contributed by atoms with Crippen molar-refractivity contribution in [2.24, 2.45) is 4.99 Å². The summed E-state index contributed by atoms with van der Waals surface area (Å²) >= 11 is 0. The van der Waals surface area contributed by atoms with Gasteiger partial charge >= 0.3 is 0 Å². The molecule has 2 N–H and O–H groups in total. The normalized spacial score (nSPS) is 14.6. The molecule has 0 radical (unpaired) electrons. The lowest BCUT2D eigenvalue weighted by Gasteiger charge is -2.37. The summed E-state index contributed by atoms with van der Waals surface area (Å²) in [6.45, 7) is 8.74. The Hall–Kier alpha value is -3.16. The van der Waals surface area contributed by atoms with Crippen molar-refractivity contribution in [3.63, 3.8) is 0 Å². The molecule has 1 saturated heterocycles. The van der Waals surface area contributed by atoms with E-state index in [9.17, 15) is 4.79 Å². The largest absolute Gasteiger partial charge is 0.357 e. The van der Waals surface area contributed by atoms with Crippen LogP contribution >= 0.6 is 0 Å². The average molecular weight is 396 g/mol. The van der Waals surface area contributed by atoms with Crippen molar-refractivity contribution in [3.8, 4) is 0 Å². The topological polar surface area (TPSA) is 85.7 Å². The van der Waals surface area contributed by atoms with Crippen molar-refractivity contribution < 1.29 is 4.79 Å². The van der Waals surface area contributed by atoms with E-state index in [2.05, 4.69) is 42.3 Å². The molecule has 2 aromatic heterocycles. The van der Waals surface area contributed by atoms with Gasteiger partial charge in [0, 0.05) is 51.5 Å². The third-order valence-corrected chi connectivity index (χ3v) is 4.67. The molecule has 1 fully saturated rings. The van der Waals surface area contributed by atoms with Crippen LogP contribution in [0.2, 0.25) is 0 Å². The van der Waals surface area contributed by atoms with Crippen LogP contribution in [0, 0.1) is 6.92 Å². The quantitative estimate of drug-likeness (QED) is 0.574. The lowest BCUT2D eigenvalue weighted by Crippen LogP contribution is -2.52. The maximum Gasteiger partial charge on any atom is 0.227 e. The zero-order valence-electron chi connectivity index (χ0n) is 17.1. The molecule has 154 valence electrons. The summed E-state index contributed by atoms with van der Waals surface area (Å²) in [5, 5.41) is 6.15. The van der Waals surface area contributed by atoms with Crippen LogP contribution in [0.4, 0.5) is 11.6 Å². The second-order valence-corrected chi connectivity index (χ2v) is 6.92. The Morgan fingerprint density at radius 2 is 1.97 bits per heavy atom. The molecule has 3 rings (SSSR count). The summed E-state index contributed by atoms with van der Waals surface area (Å²) in [4.78, 5) is 29.9. The molecule has 0 unspecified atom stereocenters. The molecule has 8 heteroatoms. The Morgan fingerprint density at radius 1 is 1.14 bits per heavy atom. The number of amides is 1. The van der Waals surface area contributed by atoms with Gasteiger partial charge in [0.2, 0.25) is 5.91 Å². The fourth-order valence-electron chi connectivity index (χ4n) is 3.12. The van der Waals surface area contributed by atoms with Crippen LogP contribution in [0.1, 0.15) is 18.9 Å². The zero-order chi connectivity index (χ0) is 20.5.